The minimum Gasteiger partial charge on any atom is -0.436 e. The summed E-state index contributed by atoms with van der Waals surface area (Å²) < 4.78 is 22.1. The van der Waals surface area contributed by atoms with Gasteiger partial charge in [0.2, 0.25) is 12.6 Å². The van der Waals surface area contributed by atoms with Crippen molar-refractivity contribution in [1.29, 1.82) is 0 Å². The minimum absolute atomic E-state index is 0.0610. The van der Waals surface area contributed by atoms with Gasteiger partial charge in [0.25, 0.3) is 0 Å². The molecule has 6 nitrogen and oxygen atoms in total. The first kappa shape index (κ1) is 17.0. The predicted octanol–water partition coefficient (Wildman–Crippen LogP) is 2.56. The van der Waals surface area contributed by atoms with E-state index in [9.17, 15) is 9.59 Å². The number of esters is 2. The number of hydrogen-bond donors (Lipinski definition) is 0. The van der Waals surface area contributed by atoms with Crippen molar-refractivity contribution in [1.82, 2.24) is 0 Å². The van der Waals surface area contributed by atoms with Crippen LogP contribution in [0.5, 0.6) is 0 Å². The minimum atomic E-state index is -0.470. The van der Waals surface area contributed by atoms with Gasteiger partial charge in [0.1, 0.15) is 0 Å². The molecule has 6 atom stereocenters. The van der Waals surface area contributed by atoms with Gasteiger partial charge in [-0.1, -0.05) is 12.2 Å². The Labute approximate surface area is 147 Å². The molecule has 4 rings (SSSR count). The van der Waals surface area contributed by atoms with Crippen LogP contribution < -0.4 is 0 Å². The summed E-state index contributed by atoms with van der Waals surface area (Å²) in [4.78, 5) is 25.5. The maximum Gasteiger partial charge on any atom is 0.312 e. The molecule has 2 aliphatic heterocycles. The lowest BCUT2D eigenvalue weighted by Gasteiger charge is -2.30. The smallest absolute Gasteiger partial charge is 0.312 e. The van der Waals surface area contributed by atoms with E-state index in [-0.39, 0.29) is 23.8 Å². The molecule has 2 saturated heterocycles. The van der Waals surface area contributed by atoms with Crippen LogP contribution in [0.3, 0.4) is 0 Å². The molecule has 2 aliphatic carbocycles. The predicted molar refractivity (Wildman–Crippen MR) is 87.1 cm³/mol. The zero-order valence-electron chi connectivity index (χ0n) is 14.4. The number of carbonyl (C=O) groups is 2. The summed E-state index contributed by atoms with van der Waals surface area (Å²) in [5.74, 6) is -1.45. The van der Waals surface area contributed by atoms with Gasteiger partial charge in [-0.3, -0.25) is 9.59 Å². The average Bonchev–Trinajstić information content (AvgIpc) is 3.24. The molecule has 4 aliphatic rings. The highest BCUT2D eigenvalue weighted by Gasteiger charge is 2.53. The van der Waals surface area contributed by atoms with Crippen LogP contribution in [0, 0.1) is 23.7 Å². The largest absolute Gasteiger partial charge is 0.436 e. The second-order valence-corrected chi connectivity index (χ2v) is 7.47. The highest BCUT2D eigenvalue weighted by atomic mass is 16.7. The molecule has 25 heavy (non-hydrogen) atoms. The van der Waals surface area contributed by atoms with Crippen molar-refractivity contribution in [3.63, 3.8) is 0 Å². The van der Waals surface area contributed by atoms with E-state index in [4.69, 9.17) is 18.9 Å². The SMILES string of the molecule is O=C(OC1CCCCO1)[C@@H]1[C@@H](C(=O)OC2CCCCO2)[C@H]2C=C[C@@H]1C2. The lowest BCUT2D eigenvalue weighted by atomic mass is 9.83. The van der Waals surface area contributed by atoms with Gasteiger partial charge < -0.3 is 18.9 Å². The molecule has 1 saturated carbocycles. The van der Waals surface area contributed by atoms with Gasteiger partial charge in [-0.25, -0.2) is 0 Å². The summed E-state index contributed by atoms with van der Waals surface area (Å²) in [5, 5.41) is 0. The van der Waals surface area contributed by atoms with Crippen LogP contribution in [-0.2, 0) is 28.5 Å². The molecule has 0 radical (unpaired) electrons. The molecule has 6 heteroatoms. The molecular formula is C19H26O6. The molecule has 0 aromatic heterocycles. The van der Waals surface area contributed by atoms with Crippen LogP contribution in [0.2, 0.25) is 0 Å². The second-order valence-electron chi connectivity index (χ2n) is 7.47. The van der Waals surface area contributed by atoms with Crippen molar-refractivity contribution in [2.24, 2.45) is 23.7 Å². The molecule has 2 bridgehead atoms. The molecule has 3 fully saturated rings. The van der Waals surface area contributed by atoms with Crippen LogP contribution in [0.1, 0.15) is 44.9 Å². The summed E-state index contributed by atoms with van der Waals surface area (Å²) in [6.07, 6.45) is 9.42. The summed E-state index contributed by atoms with van der Waals surface area (Å²) in [5.41, 5.74) is 0. The Hall–Kier alpha value is -1.40. The molecule has 0 spiro atoms. The third-order valence-corrected chi connectivity index (χ3v) is 5.77. The van der Waals surface area contributed by atoms with E-state index in [0.29, 0.717) is 13.2 Å². The Morgan fingerprint density at radius 3 is 1.64 bits per heavy atom. The van der Waals surface area contributed by atoms with Gasteiger partial charge in [-0.15, -0.1) is 0 Å². The average molecular weight is 350 g/mol. The van der Waals surface area contributed by atoms with Crippen LogP contribution in [0.4, 0.5) is 0 Å². The fourth-order valence-electron chi connectivity index (χ4n) is 4.49. The molecule has 2 heterocycles. The first-order valence-corrected chi connectivity index (χ1v) is 9.55. The Kier molecular flexibility index (Phi) is 5.08. The highest BCUT2D eigenvalue weighted by molar-refractivity contribution is 5.84. The van der Waals surface area contributed by atoms with E-state index in [0.717, 1.165) is 44.9 Å². The van der Waals surface area contributed by atoms with E-state index in [1.54, 1.807) is 0 Å². The third-order valence-electron chi connectivity index (χ3n) is 5.77. The normalized spacial score (nSPS) is 40.0. The zero-order chi connectivity index (χ0) is 17.2. The van der Waals surface area contributed by atoms with E-state index in [1.807, 2.05) is 12.2 Å². The summed E-state index contributed by atoms with van der Waals surface area (Å²) in [7, 11) is 0. The maximum atomic E-state index is 12.7. The second kappa shape index (κ2) is 7.46. The first-order valence-electron chi connectivity index (χ1n) is 9.55. The van der Waals surface area contributed by atoms with E-state index < -0.39 is 24.4 Å². The maximum absolute atomic E-state index is 12.7. The number of rotatable bonds is 4. The van der Waals surface area contributed by atoms with E-state index in [1.165, 1.54) is 0 Å². The van der Waals surface area contributed by atoms with Crippen LogP contribution in [0.25, 0.3) is 0 Å². The van der Waals surface area contributed by atoms with Crippen molar-refractivity contribution in [2.45, 2.75) is 57.5 Å². The summed E-state index contributed by atoms with van der Waals surface area (Å²) >= 11 is 0. The van der Waals surface area contributed by atoms with Gasteiger partial charge in [-0.2, -0.15) is 0 Å². The Morgan fingerprint density at radius 1 is 0.760 bits per heavy atom. The zero-order valence-corrected chi connectivity index (χ0v) is 14.4. The lowest BCUT2D eigenvalue weighted by molar-refractivity contribution is -0.203. The Morgan fingerprint density at radius 2 is 1.24 bits per heavy atom. The van der Waals surface area contributed by atoms with Crippen molar-refractivity contribution in [3.8, 4) is 0 Å². The molecule has 0 amide bonds. The summed E-state index contributed by atoms with van der Waals surface area (Å²) in [6.45, 7) is 1.25. The van der Waals surface area contributed by atoms with Gasteiger partial charge in [-0.05, 0) is 43.9 Å². The number of allylic oxidation sites excluding steroid dienone is 2. The van der Waals surface area contributed by atoms with Crippen molar-refractivity contribution >= 4 is 11.9 Å². The van der Waals surface area contributed by atoms with Gasteiger partial charge in [0.15, 0.2) is 0 Å². The summed E-state index contributed by atoms with van der Waals surface area (Å²) in [6, 6.07) is 0. The standard InChI is InChI=1S/C19H26O6/c20-18(24-14-5-1-3-9-22-14)16-12-7-8-13(11-12)17(16)19(21)25-15-6-2-4-10-23-15/h7-8,12-17H,1-6,9-11H2/t12-,13+,14?,15?,16-,17-/m0/s1. The fraction of sp³-hybridized carbons (Fsp3) is 0.789. The quantitative estimate of drug-likeness (QED) is 0.573. The van der Waals surface area contributed by atoms with Crippen LogP contribution in [0.15, 0.2) is 12.2 Å². The van der Waals surface area contributed by atoms with Crippen molar-refractivity contribution < 1.29 is 28.5 Å². The Balaban J connectivity index is 1.41. The first-order chi connectivity index (χ1) is 12.2. The molecule has 0 N–H and O–H groups in total. The fourth-order valence-corrected chi connectivity index (χ4v) is 4.49. The highest BCUT2D eigenvalue weighted by Crippen LogP contribution is 2.49. The van der Waals surface area contributed by atoms with Crippen LogP contribution in [-0.4, -0.2) is 37.7 Å². The molecular weight excluding hydrogens is 324 g/mol. The number of hydrogen-bond acceptors (Lipinski definition) is 6. The molecule has 0 aromatic carbocycles. The third kappa shape index (κ3) is 3.60. The van der Waals surface area contributed by atoms with Crippen molar-refractivity contribution in [3.05, 3.63) is 12.2 Å². The number of fused-ring (bicyclic) bond motifs is 2. The topological polar surface area (TPSA) is 71.1 Å². The van der Waals surface area contributed by atoms with Gasteiger partial charge in [0.05, 0.1) is 25.0 Å². The van der Waals surface area contributed by atoms with Gasteiger partial charge >= 0.3 is 11.9 Å². The number of carbonyl (C=O) groups excluding carboxylic acids is 2. The van der Waals surface area contributed by atoms with Gasteiger partial charge in [0, 0.05) is 12.8 Å². The Bertz CT molecular complexity index is 486. The van der Waals surface area contributed by atoms with E-state index in [2.05, 4.69) is 0 Å². The number of ether oxygens (including phenoxy) is 4. The lowest BCUT2D eigenvalue weighted by Crippen LogP contribution is -2.39. The van der Waals surface area contributed by atoms with Crippen molar-refractivity contribution in [2.75, 3.05) is 13.2 Å². The molecule has 0 aromatic rings. The van der Waals surface area contributed by atoms with E-state index >= 15 is 0 Å². The molecule has 2 unspecified atom stereocenters. The molecule has 138 valence electrons. The van der Waals surface area contributed by atoms with Crippen LogP contribution >= 0.6 is 0 Å². The monoisotopic (exact) mass is 350 g/mol.